The van der Waals surface area contributed by atoms with Crippen LogP contribution in [0, 0.1) is 0 Å². The summed E-state index contributed by atoms with van der Waals surface area (Å²) in [6.45, 7) is 1.84. The molecule has 0 aliphatic heterocycles. The molecule has 1 atom stereocenters. The normalized spacial score (nSPS) is 11.9. The standard InChI is InChI=1S/C21H19N5OS2/c1-14(29-21-25-22-13-26(21)2)19(27)24-20-23-18(12-28-20)17-10-8-16(9-11-17)15-6-4-3-5-7-15/h3-14H,1-2H3,(H,23,24,27)/t14-/m0/s1. The highest BCUT2D eigenvalue weighted by atomic mass is 32.2. The van der Waals surface area contributed by atoms with Crippen molar-refractivity contribution >= 4 is 34.1 Å². The predicted octanol–water partition coefficient (Wildman–Crippen LogP) is 4.72. The van der Waals surface area contributed by atoms with Crippen molar-refractivity contribution in [1.29, 1.82) is 0 Å². The van der Waals surface area contributed by atoms with Gasteiger partial charge in [0.15, 0.2) is 10.3 Å². The molecule has 146 valence electrons. The number of amides is 1. The van der Waals surface area contributed by atoms with Gasteiger partial charge in [-0.25, -0.2) is 4.98 Å². The third-order valence-electron chi connectivity index (χ3n) is 4.34. The van der Waals surface area contributed by atoms with Gasteiger partial charge in [-0.15, -0.1) is 21.5 Å². The number of aromatic nitrogens is 4. The highest BCUT2D eigenvalue weighted by molar-refractivity contribution is 8.00. The van der Waals surface area contributed by atoms with Gasteiger partial charge in [0.05, 0.1) is 10.9 Å². The van der Waals surface area contributed by atoms with Crippen molar-refractivity contribution < 1.29 is 4.79 Å². The fourth-order valence-electron chi connectivity index (χ4n) is 2.73. The van der Waals surface area contributed by atoms with E-state index in [2.05, 4.69) is 56.9 Å². The molecule has 2 aromatic carbocycles. The molecule has 0 radical (unpaired) electrons. The smallest absolute Gasteiger partial charge is 0.239 e. The fraction of sp³-hybridized carbons (Fsp3) is 0.143. The first-order valence-electron chi connectivity index (χ1n) is 9.03. The van der Waals surface area contributed by atoms with Gasteiger partial charge >= 0.3 is 0 Å². The Morgan fingerprint density at radius 2 is 1.76 bits per heavy atom. The Balaban J connectivity index is 1.41. The number of nitrogens with one attached hydrogen (secondary N) is 1. The number of hydrogen-bond donors (Lipinski definition) is 1. The van der Waals surface area contributed by atoms with Gasteiger partial charge in [-0.3, -0.25) is 4.79 Å². The van der Waals surface area contributed by atoms with Gasteiger partial charge in [-0.2, -0.15) is 0 Å². The van der Waals surface area contributed by atoms with Crippen molar-refractivity contribution in [2.24, 2.45) is 7.05 Å². The lowest BCUT2D eigenvalue weighted by Crippen LogP contribution is -2.22. The lowest BCUT2D eigenvalue weighted by Gasteiger charge is -2.09. The SMILES string of the molecule is C[C@H](Sc1nncn1C)C(=O)Nc1nc(-c2ccc(-c3ccccc3)cc2)cs1. The average molecular weight is 422 g/mol. The zero-order valence-electron chi connectivity index (χ0n) is 15.9. The van der Waals surface area contributed by atoms with E-state index in [4.69, 9.17) is 0 Å². The molecule has 0 fully saturated rings. The molecule has 2 aromatic heterocycles. The monoisotopic (exact) mass is 421 g/mol. The number of nitrogens with zero attached hydrogens (tertiary/aromatic N) is 4. The minimum Gasteiger partial charge on any atom is -0.312 e. The molecule has 0 aliphatic carbocycles. The summed E-state index contributed by atoms with van der Waals surface area (Å²) in [6.07, 6.45) is 1.61. The highest BCUT2D eigenvalue weighted by Gasteiger charge is 2.18. The zero-order chi connectivity index (χ0) is 20.2. The first kappa shape index (κ1) is 19.4. The van der Waals surface area contributed by atoms with E-state index in [0.717, 1.165) is 16.8 Å². The molecule has 0 saturated heterocycles. The maximum Gasteiger partial charge on any atom is 0.239 e. The van der Waals surface area contributed by atoms with Gasteiger partial charge in [0, 0.05) is 18.0 Å². The summed E-state index contributed by atoms with van der Waals surface area (Å²) in [4.78, 5) is 17.0. The maximum atomic E-state index is 12.5. The summed E-state index contributed by atoms with van der Waals surface area (Å²) in [5.74, 6) is -0.113. The van der Waals surface area contributed by atoms with E-state index in [1.807, 2.05) is 37.6 Å². The van der Waals surface area contributed by atoms with Crippen LogP contribution in [0.4, 0.5) is 5.13 Å². The Kier molecular flexibility index (Phi) is 5.73. The molecule has 1 N–H and O–H groups in total. The van der Waals surface area contributed by atoms with Crippen molar-refractivity contribution in [1.82, 2.24) is 19.7 Å². The number of aryl methyl sites for hydroxylation is 1. The molecule has 0 bridgehead atoms. The minimum atomic E-state index is -0.310. The van der Waals surface area contributed by atoms with Gasteiger partial charge < -0.3 is 9.88 Å². The van der Waals surface area contributed by atoms with Crippen LogP contribution < -0.4 is 5.32 Å². The number of hydrogen-bond acceptors (Lipinski definition) is 6. The summed E-state index contributed by atoms with van der Waals surface area (Å²) < 4.78 is 1.79. The van der Waals surface area contributed by atoms with Crippen LogP contribution in [-0.4, -0.2) is 30.9 Å². The largest absolute Gasteiger partial charge is 0.312 e. The lowest BCUT2D eigenvalue weighted by atomic mass is 10.0. The summed E-state index contributed by atoms with van der Waals surface area (Å²) in [5, 5.41) is 13.7. The Hall–Kier alpha value is -2.97. The van der Waals surface area contributed by atoms with Gasteiger partial charge in [-0.1, -0.05) is 66.4 Å². The summed E-state index contributed by atoms with van der Waals surface area (Å²) in [7, 11) is 1.85. The molecular weight excluding hydrogens is 402 g/mol. The third kappa shape index (κ3) is 4.55. The summed E-state index contributed by atoms with van der Waals surface area (Å²) in [5.41, 5.74) is 4.20. The Morgan fingerprint density at radius 1 is 1.07 bits per heavy atom. The van der Waals surface area contributed by atoms with Crippen molar-refractivity contribution in [3.05, 3.63) is 66.3 Å². The molecule has 8 heteroatoms. The molecule has 0 aliphatic rings. The molecule has 0 unspecified atom stereocenters. The quantitative estimate of drug-likeness (QED) is 0.456. The van der Waals surface area contributed by atoms with Crippen molar-refractivity contribution in [2.75, 3.05) is 5.32 Å². The van der Waals surface area contributed by atoms with Crippen LogP contribution in [0.5, 0.6) is 0 Å². The van der Waals surface area contributed by atoms with E-state index in [9.17, 15) is 4.79 Å². The van der Waals surface area contributed by atoms with E-state index < -0.39 is 0 Å². The van der Waals surface area contributed by atoms with Gasteiger partial charge in [0.25, 0.3) is 0 Å². The molecule has 4 aromatic rings. The second-order valence-electron chi connectivity index (χ2n) is 6.46. The Labute approximate surface area is 177 Å². The molecule has 0 spiro atoms. The first-order chi connectivity index (χ1) is 14.1. The van der Waals surface area contributed by atoms with E-state index >= 15 is 0 Å². The molecule has 29 heavy (non-hydrogen) atoms. The number of thiazole rings is 1. The van der Waals surface area contributed by atoms with Gasteiger partial charge in [0.2, 0.25) is 5.91 Å². The van der Waals surface area contributed by atoms with Crippen LogP contribution in [-0.2, 0) is 11.8 Å². The molecule has 2 heterocycles. The van der Waals surface area contributed by atoms with Crippen LogP contribution >= 0.6 is 23.1 Å². The van der Waals surface area contributed by atoms with Crippen LogP contribution in [0.25, 0.3) is 22.4 Å². The van der Waals surface area contributed by atoms with Crippen LogP contribution in [0.15, 0.2) is 71.5 Å². The van der Waals surface area contributed by atoms with Crippen LogP contribution in [0.2, 0.25) is 0 Å². The number of carbonyl (C=O) groups excluding carboxylic acids is 1. The molecule has 1 amide bonds. The number of benzene rings is 2. The third-order valence-corrected chi connectivity index (χ3v) is 6.25. The van der Waals surface area contributed by atoms with Crippen molar-refractivity contribution in [3.63, 3.8) is 0 Å². The lowest BCUT2D eigenvalue weighted by molar-refractivity contribution is -0.115. The number of carbonyl (C=O) groups is 1. The molecular formula is C21H19N5OS2. The van der Waals surface area contributed by atoms with Gasteiger partial charge in [0.1, 0.15) is 6.33 Å². The first-order valence-corrected chi connectivity index (χ1v) is 10.8. The predicted molar refractivity (Wildman–Crippen MR) is 118 cm³/mol. The molecule has 0 saturated carbocycles. The van der Waals surface area contributed by atoms with Crippen LogP contribution in [0.1, 0.15) is 6.92 Å². The Bertz CT molecular complexity index is 1110. The van der Waals surface area contributed by atoms with E-state index in [1.165, 1.54) is 28.7 Å². The van der Waals surface area contributed by atoms with E-state index in [1.54, 1.807) is 10.9 Å². The molecule has 4 rings (SSSR count). The summed E-state index contributed by atoms with van der Waals surface area (Å²) in [6, 6.07) is 18.5. The second-order valence-corrected chi connectivity index (χ2v) is 8.62. The number of thioether (sulfide) groups is 1. The van der Waals surface area contributed by atoms with Crippen LogP contribution in [0.3, 0.4) is 0 Å². The van der Waals surface area contributed by atoms with Crippen molar-refractivity contribution in [3.8, 4) is 22.4 Å². The second kappa shape index (κ2) is 8.59. The fourth-order valence-corrected chi connectivity index (χ4v) is 4.24. The number of anilines is 1. The minimum absolute atomic E-state index is 0.113. The highest BCUT2D eigenvalue weighted by Crippen LogP contribution is 2.28. The van der Waals surface area contributed by atoms with E-state index in [0.29, 0.717) is 10.3 Å². The summed E-state index contributed by atoms with van der Waals surface area (Å²) >= 11 is 2.78. The van der Waals surface area contributed by atoms with E-state index in [-0.39, 0.29) is 11.2 Å². The zero-order valence-corrected chi connectivity index (χ0v) is 17.6. The topological polar surface area (TPSA) is 72.7 Å². The van der Waals surface area contributed by atoms with Crippen molar-refractivity contribution in [2.45, 2.75) is 17.3 Å². The average Bonchev–Trinajstić information content (AvgIpc) is 3.38. The molecule has 6 nitrogen and oxygen atoms in total. The maximum absolute atomic E-state index is 12.5. The number of rotatable bonds is 6. The Morgan fingerprint density at radius 3 is 2.45 bits per heavy atom. The van der Waals surface area contributed by atoms with Gasteiger partial charge in [-0.05, 0) is 18.1 Å².